The molecule has 0 amide bonds. The molecule has 3 N–H and O–H groups in total. The monoisotopic (exact) mass is 561 g/mol. The number of aromatic nitrogens is 3. The molecule has 0 aliphatic rings. The molecule has 43 heavy (non-hydrogen) atoms. The van der Waals surface area contributed by atoms with Crippen LogP contribution in [0.2, 0.25) is 0 Å². The van der Waals surface area contributed by atoms with Gasteiger partial charge in [0.25, 0.3) is 0 Å². The molecule has 3 heterocycles. The molecule has 0 aliphatic carbocycles. The molecule has 3 aromatic heterocycles. The third kappa shape index (κ3) is 4.60. The van der Waals surface area contributed by atoms with Crippen LogP contribution in [0.3, 0.4) is 0 Å². The van der Waals surface area contributed by atoms with Gasteiger partial charge in [0.15, 0.2) is 5.78 Å². The zero-order valence-corrected chi connectivity index (χ0v) is 25.0. The lowest BCUT2D eigenvalue weighted by Gasteiger charge is -2.21. The van der Waals surface area contributed by atoms with Crippen LogP contribution in [0, 0.1) is 20.8 Å². The quantitative estimate of drug-likeness (QED) is 0.167. The first kappa shape index (κ1) is 26.8. The summed E-state index contributed by atoms with van der Waals surface area (Å²) in [6, 6.07) is 39.0. The zero-order chi connectivity index (χ0) is 29.7. The Bertz CT molecular complexity index is 2110. The van der Waals surface area contributed by atoms with Gasteiger partial charge >= 0.3 is 0 Å². The van der Waals surface area contributed by atoms with E-state index in [1.165, 1.54) is 32.7 Å². The number of H-pyrrole nitrogens is 3. The Morgan fingerprint density at radius 2 is 1.07 bits per heavy atom. The Hall–Kier alpha value is -5.09. The number of hydrogen-bond acceptors (Lipinski definition) is 1. The molecule has 4 heteroatoms. The molecule has 7 rings (SSSR count). The van der Waals surface area contributed by atoms with Gasteiger partial charge in [-0.3, -0.25) is 4.79 Å². The summed E-state index contributed by atoms with van der Waals surface area (Å²) in [5.74, 6) is -0.0503. The lowest BCUT2D eigenvalue weighted by molar-refractivity contribution is 0.101. The SMILES string of the molecule is CC(=O)c1c(C)[nH]c(C(c2ccc(C(c3ccc(C)[nH]3)c3cccc4ccccc34)[nH]2)c2cccc3ccccc23)c1C. The molecule has 0 radical (unpaired) electrons. The van der Waals surface area contributed by atoms with E-state index < -0.39 is 0 Å². The van der Waals surface area contributed by atoms with Crippen molar-refractivity contribution in [1.29, 1.82) is 0 Å². The molecule has 212 valence electrons. The number of benzene rings is 4. The molecule has 2 atom stereocenters. The van der Waals surface area contributed by atoms with Crippen LogP contribution in [-0.4, -0.2) is 20.7 Å². The normalized spacial score (nSPS) is 13.0. The first-order chi connectivity index (χ1) is 20.9. The molecule has 2 unspecified atom stereocenters. The van der Waals surface area contributed by atoms with Crippen molar-refractivity contribution in [3.8, 4) is 0 Å². The van der Waals surface area contributed by atoms with Gasteiger partial charge in [0.05, 0.1) is 11.8 Å². The third-order valence-electron chi connectivity index (χ3n) is 8.90. The smallest absolute Gasteiger partial charge is 0.161 e. The highest BCUT2D eigenvalue weighted by Crippen LogP contribution is 2.41. The molecular formula is C39H35N3O. The lowest BCUT2D eigenvalue weighted by Crippen LogP contribution is -2.09. The van der Waals surface area contributed by atoms with Gasteiger partial charge in [-0.05, 0) is 90.2 Å². The predicted molar refractivity (Wildman–Crippen MR) is 176 cm³/mol. The Morgan fingerprint density at radius 1 is 0.558 bits per heavy atom. The van der Waals surface area contributed by atoms with E-state index in [0.717, 1.165) is 45.3 Å². The summed E-state index contributed by atoms with van der Waals surface area (Å²) in [5.41, 5.74) is 10.7. The van der Waals surface area contributed by atoms with Crippen LogP contribution in [0.15, 0.2) is 109 Å². The molecule has 7 aromatic rings. The summed E-state index contributed by atoms with van der Waals surface area (Å²) >= 11 is 0. The van der Waals surface area contributed by atoms with Crippen molar-refractivity contribution in [3.05, 3.63) is 166 Å². The fraction of sp³-hybridized carbons (Fsp3) is 0.154. The van der Waals surface area contributed by atoms with Gasteiger partial charge < -0.3 is 15.0 Å². The van der Waals surface area contributed by atoms with Crippen molar-refractivity contribution < 1.29 is 4.79 Å². The highest BCUT2D eigenvalue weighted by Gasteiger charge is 2.29. The zero-order valence-electron chi connectivity index (χ0n) is 25.0. The van der Waals surface area contributed by atoms with Gasteiger partial charge in [-0.15, -0.1) is 0 Å². The van der Waals surface area contributed by atoms with Crippen molar-refractivity contribution in [2.45, 2.75) is 39.5 Å². The number of carbonyl (C=O) groups excluding carboxylic acids is 1. The Balaban J connectivity index is 1.45. The van der Waals surface area contributed by atoms with E-state index in [-0.39, 0.29) is 17.6 Å². The fourth-order valence-corrected chi connectivity index (χ4v) is 7.04. The number of aryl methyl sites for hydroxylation is 2. The van der Waals surface area contributed by atoms with E-state index in [0.29, 0.717) is 0 Å². The van der Waals surface area contributed by atoms with Gasteiger partial charge in [-0.25, -0.2) is 0 Å². The van der Waals surface area contributed by atoms with Gasteiger partial charge in [-0.2, -0.15) is 0 Å². The summed E-state index contributed by atoms with van der Waals surface area (Å²) in [6.45, 7) is 7.82. The maximum Gasteiger partial charge on any atom is 0.161 e. The molecule has 4 aromatic carbocycles. The number of aromatic amines is 3. The molecular weight excluding hydrogens is 526 g/mol. The van der Waals surface area contributed by atoms with E-state index in [4.69, 9.17) is 0 Å². The summed E-state index contributed by atoms with van der Waals surface area (Å²) in [7, 11) is 0. The van der Waals surface area contributed by atoms with Crippen LogP contribution < -0.4 is 0 Å². The Kier molecular flexibility index (Phi) is 6.62. The second-order valence-corrected chi connectivity index (χ2v) is 11.7. The van der Waals surface area contributed by atoms with Gasteiger partial charge in [0.1, 0.15) is 0 Å². The van der Waals surface area contributed by atoms with Crippen molar-refractivity contribution in [2.24, 2.45) is 0 Å². The average molecular weight is 562 g/mol. The highest BCUT2D eigenvalue weighted by molar-refractivity contribution is 5.97. The topological polar surface area (TPSA) is 64.4 Å². The van der Waals surface area contributed by atoms with Crippen molar-refractivity contribution in [1.82, 2.24) is 15.0 Å². The minimum absolute atomic E-state index is 0.0130. The number of carbonyl (C=O) groups is 1. The average Bonchev–Trinajstić information content (AvgIpc) is 3.73. The highest BCUT2D eigenvalue weighted by atomic mass is 16.1. The standard InChI is InChI=1S/C39H35N3O/c1-23-19-20-33(40-23)37(31-17-9-13-27-11-5-7-15-29(27)31)34-21-22-35(42-34)38(39-24(2)36(26(4)43)25(3)41-39)32-18-10-14-28-12-6-8-16-30(28)32/h5-22,37-38,40-42H,1-4H3. The molecule has 0 fully saturated rings. The summed E-state index contributed by atoms with van der Waals surface area (Å²) < 4.78 is 0. The maximum absolute atomic E-state index is 12.7. The Labute approximate surface area is 251 Å². The first-order valence-electron chi connectivity index (χ1n) is 14.9. The predicted octanol–water partition coefficient (Wildman–Crippen LogP) is 9.47. The number of ketones is 1. The summed E-state index contributed by atoms with van der Waals surface area (Å²) in [6.07, 6.45) is 0. The third-order valence-corrected chi connectivity index (χ3v) is 8.90. The van der Waals surface area contributed by atoms with Crippen molar-refractivity contribution >= 4 is 27.3 Å². The van der Waals surface area contributed by atoms with Crippen LogP contribution in [0.5, 0.6) is 0 Å². The van der Waals surface area contributed by atoms with Gasteiger partial charge in [0, 0.05) is 39.7 Å². The van der Waals surface area contributed by atoms with E-state index >= 15 is 0 Å². The number of nitrogens with one attached hydrogen (secondary N) is 3. The van der Waals surface area contributed by atoms with Crippen molar-refractivity contribution in [3.63, 3.8) is 0 Å². The Morgan fingerprint density at radius 3 is 1.63 bits per heavy atom. The summed E-state index contributed by atoms with van der Waals surface area (Å²) in [5, 5.41) is 4.86. The maximum atomic E-state index is 12.7. The van der Waals surface area contributed by atoms with Crippen molar-refractivity contribution in [2.75, 3.05) is 0 Å². The minimum atomic E-state index is -0.120. The number of fused-ring (bicyclic) bond motifs is 2. The number of hydrogen-bond donors (Lipinski definition) is 3. The molecule has 0 saturated heterocycles. The van der Waals surface area contributed by atoms with Crippen LogP contribution in [0.1, 0.15) is 80.0 Å². The van der Waals surface area contributed by atoms with Crippen LogP contribution in [-0.2, 0) is 0 Å². The first-order valence-corrected chi connectivity index (χ1v) is 14.9. The lowest BCUT2D eigenvalue weighted by atomic mass is 9.86. The minimum Gasteiger partial charge on any atom is -0.362 e. The number of rotatable bonds is 7. The summed E-state index contributed by atoms with van der Waals surface area (Å²) in [4.78, 5) is 23.9. The van der Waals surface area contributed by atoms with Crippen LogP contribution in [0.4, 0.5) is 0 Å². The van der Waals surface area contributed by atoms with E-state index in [2.05, 4.69) is 138 Å². The van der Waals surface area contributed by atoms with E-state index in [1.807, 2.05) is 6.92 Å². The second kappa shape index (κ2) is 10.6. The fourth-order valence-electron chi connectivity index (χ4n) is 7.04. The molecule has 0 bridgehead atoms. The molecule has 0 spiro atoms. The number of Topliss-reactive ketones (excluding diaryl/α,β-unsaturated/α-hetero) is 1. The van der Waals surface area contributed by atoms with Gasteiger partial charge in [-0.1, -0.05) is 84.9 Å². The molecule has 4 nitrogen and oxygen atoms in total. The molecule has 0 aliphatic heterocycles. The van der Waals surface area contributed by atoms with Gasteiger partial charge in [0.2, 0.25) is 0 Å². The second-order valence-electron chi connectivity index (χ2n) is 11.7. The van der Waals surface area contributed by atoms with Crippen LogP contribution >= 0.6 is 0 Å². The van der Waals surface area contributed by atoms with Crippen LogP contribution in [0.25, 0.3) is 21.5 Å². The largest absolute Gasteiger partial charge is 0.362 e. The van der Waals surface area contributed by atoms with E-state index in [1.54, 1.807) is 6.92 Å². The van der Waals surface area contributed by atoms with E-state index in [9.17, 15) is 4.79 Å². The molecule has 0 saturated carbocycles.